The predicted molar refractivity (Wildman–Crippen MR) is 90.9 cm³/mol. The molecule has 3 rings (SSSR count). The Morgan fingerprint density at radius 2 is 2.00 bits per heavy atom. The highest BCUT2D eigenvalue weighted by Crippen LogP contribution is 2.29. The lowest BCUT2D eigenvalue weighted by Crippen LogP contribution is -2.39. The van der Waals surface area contributed by atoms with Gasteiger partial charge in [0.2, 0.25) is 0 Å². The van der Waals surface area contributed by atoms with Gasteiger partial charge in [-0.15, -0.1) is 0 Å². The number of hydrogen-bond donors (Lipinski definition) is 0. The number of morpholine rings is 1. The first-order chi connectivity index (χ1) is 10.2. The lowest BCUT2D eigenvalue weighted by molar-refractivity contribution is 0.122. The van der Waals surface area contributed by atoms with Crippen molar-refractivity contribution < 1.29 is 4.74 Å². The van der Waals surface area contributed by atoms with Crippen LogP contribution < -0.4 is 4.90 Å². The van der Waals surface area contributed by atoms with Crippen LogP contribution in [0.4, 0.5) is 5.69 Å². The molecule has 0 bridgehead atoms. The van der Waals surface area contributed by atoms with Gasteiger partial charge in [0.05, 0.1) is 13.2 Å². The molecule has 2 saturated heterocycles. The molecule has 21 heavy (non-hydrogen) atoms. The number of likely N-dealkylation sites (tertiary alicyclic amines) is 1. The fourth-order valence-electron chi connectivity index (χ4n) is 3.38. The lowest BCUT2D eigenvalue weighted by Gasteiger charge is -2.36. The number of halogens is 1. The highest BCUT2D eigenvalue weighted by atomic mass is 79.9. The van der Waals surface area contributed by atoms with Crippen LogP contribution >= 0.6 is 15.9 Å². The van der Waals surface area contributed by atoms with E-state index in [1.54, 1.807) is 0 Å². The maximum absolute atomic E-state index is 5.49. The fourth-order valence-corrected chi connectivity index (χ4v) is 3.73. The van der Waals surface area contributed by atoms with Gasteiger partial charge in [-0.3, -0.25) is 4.90 Å². The van der Waals surface area contributed by atoms with Crippen molar-refractivity contribution in [2.75, 3.05) is 37.7 Å². The van der Waals surface area contributed by atoms with Crippen LogP contribution in [0, 0.1) is 0 Å². The summed E-state index contributed by atoms with van der Waals surface area (Å²) in [5, 5.41) is 0. The molecule has 4 heteroatoms. The van der Waals surface area contributed by atoms with Gasteiger partial charge in [-0.1, -0.05) is 28.4 Å². The van der Waals surface area contributed by atoms with Crippen LogP contribution in [0.25, 0.3) is 0 Å². The van der Waals surface area contributed by atoms with Gasteiger partial charge in [-0.05, 0) is 44.0 Å². The molecule has 0 amide bonds. The van der Waals surface area contributed by atoms with E-state index < -0.39 is 0 Å². The van der Waals surface area contributed by atoms with E-state index in [4.69, 9.17) is 4.74 Å². The van der Waals surface area contributed by atoms with Crippen molar-refractivity contribution in [2.24, 2.45) is 0 Å². The van der Waals surface area contributed by atoms with Gasteiger partial charge in [0, 0.05) is 35.8 Å². The van der Waals surface area contributed by atoms with E-state index in [9.17, 15) is 0 Å². The van der Waals surface area contributed by atoms with Gasteiger partial charge < -0.3 is 9.64 Å². The number of benzene rings is 1. The van der Waals surface area contributed by atoms with Crippen molar-refractivity contribution in [1.82, 2.24) is 4.90 Å². The Labute approximate surface area is 136 Å². The minimum atomic E-state index is 0.708. The molecule has 0 N–H and O–H groups in total. The molecular weight excluding hydrogens is 328 g/mol. The second-order valence-corrected chi connectivity index (χ2v) is 7.10. The number of anilines is 1. The molecule has 0 radical (unpaired) electrons. The summed E-state index contributed by atoms with van der Waals surface area (Å²) in [6.45, 7) is 8.35. The zero-order chi connectivity index (χ0) is 14.7. The molecule has 0 saturated carbocycles. The Morgan fingerprint density at radius 3 is 2.76 bits per heavy atom. The summed E-state index contributed by atoms with van der Waals surface area (Å²) in [7, 11) is 0. The van der Waals surface area contributed by atoms with Crippen molar-refractivity contribution in [2.45, 2.75) is 38.8 Å². The average molecular weight is 353 g/mol. The quantitative estimate of drug-likeness (QED) is 0.825. The van der Waals surface area contributed by atoms with Crippen LogP contribution in [0.3, 0.4) is 0 Å². The highest BCUT2D eigenvalue weighted by molar-refractivity contribution is 9.10. The second-order valence-electron chi connectivity index (χ2n) is 6.19. The third-order valence-corrected chi connectivity index (χ3v) is 5.21. The zero-order valence-electron chi connectivity index (χ0n) is 12.9. The van der Waals surface area contributed by atoms with Crippen LogP contribution in [0.15, 0.2) is 22.7 Å². The molecular formula is C17H25BrN2O. The fraction of sp³-hybridized carbons (Fsp3) is 0.647. The lowest BCUT2D eigenvalue weighted by atomic mass is 10.0. The molecule has 3 nitrogen and oxygen atoms in total. The summed E-state index contributed by atoms with van der Waals surface area (Å²) < 4.78 is 6.66. The van der Waals surface area contributed by atoms with Crippen molar-refractivity contribution in [1.29, 1.82) is 0 Å². The van der Waals surface area contributed by atoms with Crippen LogP contribution in [0.5, 0.6) is 0 Å². The monoisotopic (exact) mass is 352 g/mol. The van der Waals surface area contributed by atoms with Gasteiger partial charge in [0.25, 0.3) is 0 Å². The Hall–Kier alpha value is -0.580. The third kappa shape index (κ3) is 3.79. The molecule has 0 aromatic heterocycles. The van der Waals surface area contributed by atoms with Crippen LogP contribution in [0.1, 0.15) is 31.7 Å². The standard InChI is InChI=1S/C17H25BrN2O/c1-14-4-2-3-7-20(14)13-15-5-6-16(18)12-17(15)19-8-10-21-11-9-19/h5-6,12,14H,2-4,7-11,13H2,1H3. The van der Waals surface area contributed by atoms with Crippen LogP contribution in [-0.2, 0) is 11.3 Å². The number of rotatable bonds is 3. The number of ether oxygens (including phenoxy) is 1. The summed E-state index contributed by atoms with van der Waals surface area (Å²) in [6, 6.07) is 7.44. The van der Waals surface area contributed by atoms with E-state index in [1.807, 2.05) is 0 Å². The minimum absolute atomic E-state index is 0.708. The van der Waals surface area contributed by atoms with E-state index in [2.05, 4.69) is 50.9 Å². The van der Waals surface area contributed by atoms with Crippen molar-refractivity contribution in [3.63, 3.8) is 0 Å². The molecule has 2 fully saturated rings. The average Bonchev–Trinajstić information content (AvgIpc) is 2.52. The maximum Gasteiger partial charge on any atom is 0.0642 e. The molecule has 1 aromatic carbocycles. The number of hydrogen-bond acceptors (Lipinski definition) is 3. The SMILES string of the molecule is CC1CCCCN1Cc1ccc(Br)cc1N1CCOCC1. The predicted octanol–water partition coefficient (Wildman–Crippen LogP) is 3.66. The zero-order valence-corrected chi connectivity index (χ0v) is 14.4. The van der Waals surface area contributed by atoms with Gasteiger partial charge >= 0.3 is 0 Å². The van der Waals surface area contributed by atoms with Gasteiger partial charge in [0.1, 0.15) is 0 Å². The molecule has 0 spiro atoms. The second kappa shape index (κ2) is 7.12. The van der Waals surface area contributed by atoms with E-state index in [0.29, 0.717) is 6.04 Å². The molecule has 2 aliphatic heterocycles. The molecule has 116 valence electrons. The van der Waals surface area contributed by atoms with Gasteiger partial charge in [0.15, 0.2) is 0 Å². The Morgan fingerprint density at radius 1 is 1.19 bits per heavy atom. The largest absolute Gasteiger partial charge is 0.378 e. The molecule has 1 unspecified atom stereocenters. The first-order valence-electron chi connectivity index (χ1n) is 8.09. The summed E-state index contributed by atoms with van der Waals surface area (Å²) >= 11 is 3.63. The Bertz CT molecular complexity index is 474. The van der Waals surface area contributed by atoms with Gasteiger partial charge in [-0.25, -0.2) is 0 Å². The summed E-state index contributed by atoms with van der Waals surface area (Å²) in [5.74, 6) is 0. The van der Waals surface area contributed by atoms with Gasteiger partial charge in [-0.2, -0.15) is 0 Å². The molecule has 1 aromatic rings. The molecule has 1 atom stereocenters. The van der Waals surface area contributed by atoms with Crippen LogP contribution in [0.2, 0.25) is 0 Å². The smallest absolute Gasteiger partial charge is 0.0642 e. The molecule has 0 aliphatic carbocycles. The third-order valence-electron chi connectivity index (χ3n) is 4.71. The minimum Gasteiger partial charge on any atom is -0.378 e. The Balaban J connectivity index is 1.80. The van der Waals surface area contributed by atoms with Crippen molar-refractivity contribution >= 4 is 21.6 Å². The van der Waals surface area contributed by atoms with Crippen molar-refractivity contribution in [3.05, 3.63) is 28.2 Å². The first-order valence-corrected chi connectivity index (χ1v) is 8.88. The molecule has 2 heterocycles. The number of piperidine rings is 1. The topological polar surface area (TPSA) is 15.7 Å². The Kier molecular flexibility index (Phi) is 5.19. The highest BCUT2D eigenvalue weighted by Gasteiger charge is 2.21. The van der Waals surface area contributed by atoms with E-state index in [-0.39, 0.29) is 0 Å². The number of nitrogens with zero attached hydrogens (tertiary/aromatic N) is 2. The van der Waals surface area contributed by atoms with E-state index in [1.165, 1.54) is 41.5 Å². The van der Waals surface area contributed by atoms with E-state index in [0.717, 1.165) is 32.8 Å². The summed E-state index contributed by atoms with van der Waals surface area (Å²) in [6.07, 6.45) is 4.06. The summed E-state index contributed by atoms with van der Waals surface area (Å²) in [5.41, 5.74) is 2.83. The first kappa shape index (κ1) is 15.3. The summed E-state index contributed by atoms with van der Waals surface area (Å²) in [4.78, 5) is 5.11. The van der Waals surface area contributed by atoms with Crippen LogP contribution in [-0.4, -0.2) is 43.8 Å². The van der Waals surface area contributed by atoms with E-state index >= 15 is 0 Å². The molecule has 2 aliphatic rings. The maximum atomic E-state index is 5.49. The van der Waals surface area contributed by atoms with Crippen molar-refractivity contribution in [3.8, 4) is 0 Å². The normalized spacial score (nSPS) is 24.3.